The summed E-state index contributed by atoms with van der Waals surface area (Å²) < 4.78 is 4.79. The number of amides is 3. The molecule has 1 fully saturated rings. The van der Waals surface area contributed by atoms with Gasteiger partial charge in [-0.15, -0.1) is 0 Å². The molecular weight excluding hydrogens is 328 g/mol. The Morgan fingerprint density at radius 3 is 2.48 bits per heavy atom. The lowest BCUT2D eigenvalue weighted by Crippen LogP contribution is -2.42. The van der Waals surface area contributed by atoms with E-state index in [0.29, 0.717) is 5.39 Å². The molecule has 3 amide bonds. The van der Waals surface area contributed by atoms with Crippen molar-refractivity contribution in [3.8, 4) is 11.5 Å². The summed E-state index contributed by atoms with van der Waals surface area (Å²) in [4.78, 5) is 35.1. The Kier molecular flexibility index (Phi) is 4.42. The zero-order valence-corrected chi connectivity index (χ0v) is 13.1. The number of hydrogen-bond acceptors (Lipinski definition) is 6. The molecule has 0 saturated heterocycles. The molecule has 0 atom stereocenters. The Morgan fingerprint density at radius 1 is 1.12 bits per heavy atom. The third kappa shape index (κ3) is 3.79. The number of nitrogens with one attached hydrogen (secondary N) is 2. The van der Waals surface area contributed by atoms with Gasteiger partial charge in [0.2, 0.25) is 0 Å². The lowest BCUT2D eigenvalue weighted by molar-refractivity contribution is -0.123. The smallest absolute Gasteiger partial charge is 0.342 e. The Hall–Kier alpha value is -3.29. The molecule has 2 aromatic rings. The van der Waals surface area contributed by atoms with Crippen LogP contribution in [0.2, 0.25) is 0 Å². The van der Waals surface area contributed by atoms with E-state index in [1.54, 1.807) is 18.2 Å². The van der Waals surface area contributed by atoms with E-state index in [2.05, 4.69) is 5.32 Å². The standard InChI is InChI=1S/C17H16N2O6/c20-13-7-12(15(22)11-4-2-1-3-10(11)13)16(23)25-8-14(21)19-17(24)18-9-5-6-9/h1-4,7,9,20,22H,5-6,8H2,(H2,18,19,21,24). The van der Waals surface area contributed by atoms with E-state index >= 15 is 0 Å². The molecule has 8 heteroatoms. The number of aromatic hydroxyl groups is 2. The van der Waals surface area contributed by atoms with Gasteiger partial charge in [0, 0.05) is 16.8 Å². The van der Waals surface area contributed by atoms with Crippen molar-refractivity contribution in [3.63, 3.8) is 0 Å². The fourth-order valence-electron chi connectivity index (χ4n) is 2.32. The summed E-state index contributed by atoms with van der Waals surface area (Å²) in [5, 5.41) is 25.4. The zero-order valence-electron chi connectivity index (χ0n) is 13.1. The molecule has 0 spiro atoms. The minimum absolute atomic E-state index is 0.0906. The van der Waals surface area contributed by atoms with Gasteiger partial charge < -0.3 is 20.3 Å². The van der Waals surface area contributed by atoms with Crippen molar-refractivity contribution in [1.29, 1.82) is 0 Å². The number of ether oxygens (including phenoxy) is 1. The number of carbonyl (C=O) groups excluding carboxylic acids is 3. The van der Waals surface area contributed by atoms with Crippen LogP contribution in [0.15, 0.2) is 30.3 Å². The molecule has 4 N–H and O–H groups in total. The van der Waals surface area contributed by atoms with Crippen molar-refractivity contribution < 1.29 is 29.3 Å². The Labute approximate surface area is 142 Å². The second kappa shape index (κ2) is 6.68. The summed E-state index contributed by atoms with van der Waals surface area (Å²) in [6, 6.07) is 6.96. The van der Waals surface area contributed by atoms with Gasteiger partial charge in [0.25, 0.3) is 5.91 Å². The second-order valence-electron chi connectivity index (χ2n) is 5.71. The van der Waals surface area contributed by atoms with Gasteiger partial charge >= 0.3 is 12.0 Å². The first-order valence-electron chi connectivity index (χ1n) is 7.67. The Morgan fingerprint density at radius 2 is 1.80 bits per heavy atom. The molecule has 0 radical (unpaired) electrons. The minimum atomic E-state index is -0.990. The molecule has 1 aliphatic rings. The number of benzene rings is 2. The largest absolute Gasteiger partial charge is 0.507 e. The molecule has 0 aromatic heterocycles. The van der Waals surface area contributed by atoms with E-state index in [9.17, 15) is 24.6 Å². The minimum Gasteiger partial charge on any atom is -0.507 e. The van der Waals surface area contributed by atoms with Gasteiger partial charge in [-0.05, 0) is 18.9 Å². The van der Waals surface area contributed by atoms with Gasteiger partial charge in [0.1, 0.15) is 17.1 Å². The molecule has 8 nitrogen and oxygen atoms in total. The summed E-state index contributed by atoms with van der Waals surface area (Å²) in [6.45, 7) is -0.691. The summed E-state index contributed by atoms with van der Waals surface area (Å²) in [5.74, 6) is -2.34. The van der Waals surface area contributed by atoms with Crippen molar-refractivity contribution in [1.82, 2.24) is 10.6 Å². The lowest BCUT2D eigenvalue weighted by Gasteiger charge is -2.10. The molecule has 0 unspecified atom stereocenters. The predicted molar refractivity (Wildman–Crippen MR) is 87.3 cm³/mol. The number of urea groups is 1. The average molecular weight is 344 g/mol. The van der Waals surface area contributed by atoms with E-state index in [4.69, 9.17) is 4.74 Å². The number of rotatable bonds is 4. The molecule has 1 saturated carbocycles. The van der Waals surface area contributed by atoms with Gasteiger partial charge in [0.05, 0.1) is 0 Å². The number of fused-ring (bicyclic) bond motifs is 1. The number of imide groups is 1. The summed E-state index contributed by atoms with van der Waals surface area (Å²) in [7, 11) is 0. The van der Waals surface area contributed by atoms with E-state index in [1.807, 2.05) is 5.32 Å². The SMILES string of the molecule is O=C(COC(=O)c1cc(O)c2ccccc2c1O)NC(=O)NC1CC1. The molecule has 0 bridgehead atoms. The second-order valence-corrected chi connectivity index (χ2v) is 5.71. The van der Waals surface area contributed by atoms with Crippen LogP contribution >= 0.6 is 0 Å². The van der Waals surface area contributed by atoms with Crippen LogP contribution in [0.3, 0.4) is 0 Å². The Balaban J connectivity index is 1.65. The van der Waals surface area contributed by atoms with Crippen LogP contribution in [0.4, 0.5) is 4.79 Å². The summed E-state index contributed by atoms with van der Waals surface area (Å²) >= 11 is 0. The normalized spacial score (nSPS) is 13.3. The third-order valence-electron chi connectivity index (χ3n) is 3.71. The highest BCUT2D eigenvalue weighted by molar-refractivity contribution is 6.04. The maximum absolute atomic E-state index is 12.1. The first-order chi connectivity index (χ1) is 12.0. The molecule has 25 heavy (non-hydrogen) atoms. The lowest BCUT2D eigenvalue weighted by atomic mass is 10.0. The van der Waals surface area contributed by atoms with Gasteiger partial charge in [-0.25, -0.2) is 9.59 Å². The number of carbonyl (C=O) groups is 3. The van der Waals surface area contributed by atoms with Crippen molar-refractivity contribution in [3.05, 3.63) is 35.9 Å². The number of esters is 1. The van der Waals surface area contributed by atoms with Crippen LogP contribution in [0, 0.1) is 0 Å². The molecule has 3 rings (SSSR count). The van der Waals surface area contributed by atoms with Gasteiger partial charge in [-0.1, -0.05) is 24.3 Å². The highest BCUT2D eigenvalue weighted by atomic mass is 16.5. The first-order valence-corrected chi connectivity index (χ1v) is 7.67. The highest BCUT2D eigenvalue weighted by Gasteiger charge is 2.24. The van der Waals surface area contributed by atoms with Gasteiger partial charge in [0.15, 0.2) is 6.61 Å². The average Bonchev–Trinajstić information content (AvgIpc) is 3.39. The van der Waals surface area contributed by atoms with Gasteiger partial charge in [-0.3, -0.25) is 10.1 Å². The number of phenols is 2. The van der Waals surface area contributed by atoms with E-state index in [-0.39, 0.29) is 28.5 Å². The van der Waals surface area contributed by atoms with Crippen LogP contribution in [0.25, 0.3) is 10.8 Å². The molecular formula is C17H16N2O6. The fraction of sp³-hybridized carbons (Fsp3) is 0.235. The van der Waals surface area contributed by atoms with Crippen LogP contribution in [0.1, 0.15) is 23.2 Å². The van der Waals surface area contributed by atoms with Crippen molar-refractivity contribution in [2.75, 3.05) is 6.61 Å². The van der Waals surface area contributed by atoms with Crippen LogP contribution < -0.4 is 10.6 Å². The maximum Gasteiger partial charge on any atom is 0.342 e. The quantitative estimate of drug-likeness (QED) is 0.491. The van der Waals surface area contributed by atoms with E-state index in [0.717, 1.165) is 18.9 Å². The summed E-state index contributed by atoms with van der Waals surface area (Å²) in [6.07, 6.45) is 1.75. The van der Waals surface area contributed by atoms with E-state index < -0.39 is 24.5 Å². The topological polar surface area (TPSA) is 125 Å². The van der Waals surface area contributed by atoms with Crippen LogP contribution in [-0.2, 0) is 9.53 Å². The monoisotopic (exact) mass is 344 g/mol. The highest BCUT2D eigenvalue weighted by Crippen LogP contribution is 2.35. The van der Waals surface area contributed by atoms with Crippen molar-refractivity contribution in [2.45, 2.75) is 18.9 Å². The van der Waals surface area contributed by atoms with E-state index in [1.165, 1.54) is 6.07 Å². The summed E-state index contributed by atoms with van der Waals surface area (Å²) in [5.41, 5.74) is -0.272. The number of hydrogen-bond donors (Lipinski definition) is 4. The Bertz CT molecular complexity index is 860. The van der Waals surface area contributed by atoms with Crippen molar-refractivity contribution >= 4 is 28.7 Å². The predicted octanol–water partition coefficient (Wildman–Crippen LogP) is 1.40. The fourth-order valence-corrected chi connectivity index (χ4v) is 2.32. The maximum atomic E-state index is 12.1. The molecule has 130 valence electrons. The molecule has 0 aliphatic heterocycles. The van der Waals surface area contributed by atoms with Crippen LogP contribution in [0.5, 0.6) is 11.5 Å². The zero-order chi connectivity index (χ0) is 18.0. The third-order valence-corrected chi connectivity index (χ3v) is 3.71. The van der Waals surface area contributed by atoms with Crippen LogP contribution in [-0.4, -0.2) is 40.8 Å². The number of phenolic OH excluding ortho intramolecular Hbond substituents is 2. The van der Waals surface area contributed by atoms with Gasteiger partial charge in [-0.2, -0.15) is 0 Å². The van der Waals surface area contributed by atoms with Crippen molar-refractivity contribution in [2.24, 2.45) is 0 Å². The molecule has 2 aromatic carbocycles. The molecule has 0 heterocycles. The molecule has 1 aliphatic carbocycles. The first kappa shape index (κ1) is 16.6.